The minimum Gasteiger partial charge on any atom is -0.464 e. The summed E-state index contributed by atoms with van der Waals surface area (Å²) in [7, 11) is 0. The fraction of sp³-hybridized carbons (Fsp3) is 0.579. The Kier molecular flexibility index (Phi) is 4.78. The molecule has 5 nitrogen and oxygen atoms in total. The van der Waals surface area contributed by atoms with Gasteiger partial charge in [0, 0.05) is 18.5 Å². The van der Waals surface area contributed by atoms with Crippen molar-refractivity contribution >= 4 is 5.91 Å². The number of likely N-dealkylation sites (tertiary alicyclic amines) is 1. The lowest BCUT2D eigenvalue weighted by atomic mass is 9.90. The highest BCUT2D eigenvalue weighted by Gasteiger charge is 2.33. The van der Waals surface area contributed by atoms with Crippen LogP contribution >= 0.6 is 0 Å². The van der Waals surface area contributed by atoms with E-state index in [1.807, 2.05) is 30.9 Å². The molecular formula is C19H26N2O3. The SMILES string of the molecule is CCc1ccc([C@@H]2C[C@@H](C)CCN2C(=O)Cc2c(C)noc2C)o1. The number of hydrogen-bond donors (Lipinski definition) is 0. The maximum Gasteiger partial charge on any atom is 0.227 e. The van der Waals surface area contributed by atoms with Gasteiger partial charge in [-0.3, -0.25) is 4.79 Å². The number of piperidine rings is 1. The van der Waals surface area contributed by atoms with Gasteiger partial charge in [0.25, 0.3) is 0 Å². The van der Waals surface area contributed by atoms with Crippen molar-refractivity contribution < 1.29 is 13.7 Å². The molecule has 1 fully saturated rings. The summed E-state index contributed by atoms with van der Waals surface area (Å²) in [6, 6.07) is 4.07. The fourth-order valence-corrected chi connectivity index (χ4v) is 3.48. The molecule has 5 heteroatoms. The third kappa shape index (κ3) is 3.25. The largest absolute Gasteiger partial charge is 0.464 e. The fourth-order valence-electron chi connectivity index (χ4n) is 3.48. The second-order valence-electron chi connectivity index (χ2n) is 6.87. The zero-order valence-electron chi connectivity index (χ0n) is 15.0. The normalized spacial score (nSPS) is 21.2. The van der Waals surface area contributed by atoms with Crippen molar-refractivity contribution in [2.45, 2.75) is 59.4 Å². The molecule has 0 bridgehead atoms. The van der Waals surface area contributed by atoms with Crippen LogP contribution < -0.4 is 0 Å². The van der Waals surface area contributed by atoms with Crippen LogP contribution in [-0.2, 0) is 17.6 Å². The van der Waals surface area contributed by atoms with Crippen molar-refractivity contribution in [2.75, 3.05) is 6.54 Å². The summed E-state index contributed by atoms with van der Waals surface area (Å²) >= 11 is 0. The van der Waals surface area contributed by atoms with E-state index in [9.17, 15) is 4.79 Å². The monoisotopic (exact) mass is 330 g/mol. The Balaban J connectivity index is 1.82. The molecule has 0 spiro atoms. The summed E-state index contributed by atoms with van der Waals surface area (Å²) in [6.45, 7) is 8.84. The molecule has 24 heavy (non-hydrogen) atoms. The van der Waals surface area contributed by atoms with Crippen LogP contribution in [0.5, 0.6) is 0 Å². The number of aryl methyl sites for hydroxylation is 3. The van der Waals surface area contributed by atoms with Crippen molar-refractivity contribution in [1.29, 1.82) is 0 Å². The van der Waals surface area contributed by atoms with Gasteiger partial charge in [-0.05, 0) is 44.7 Å². The lowest BCUT2D eigenvalue weighted by Gasteiger charge is -2.37. The van der Waals surface area contributed by atoms with Crippen LogP contribution in [-0.4, -0.2) is 22.5 Å². The molecule has 3 rings (SSSR count). The first-order chi connectivity index (χ1) is 11.5. The standard InChI is InChI=1S/C19H26N2O3/c1-5-15-6-7-18(23-15)17-10-12(2)8-9-21(17)19(22)11-16-13(3)20-24-14(16)4/h6-7,12,17H,5,8-11H2,1-4H3/t12-,17-/m0/s1. The van der Waals surface area contributed by atoms with Gasteiger partial charge >= 0.3 is 0 Å². The van der Waals surface area contributed by atoms with Crippen LogP contribution in [0, 0.1) is 19.8 Å². The zero-order chi connectivity index (χ0) is 17.3. The van der Waals surface area contributed by atoms with Gasteiger partial charge in [-0.1, -0.05) is 19.0 Å². The van der Waals surface area contributed by atoms with Gasteiger partial charge in [0.2, 0.25) is 5.91 Å². The van der Waals surface area contributed by atoms with E-state index >= 15 is 0 Å². The van der Waals surface area contributed by atoms with E-state index in [0.717, 1.165) is 54.3 Å². The van der Waals surface area contributed by atoms with Crippen LogP contribution in [0.1, 0.15) is 61.3 Å². The van der Waals surface area contributed by atoms with Crippen LogP contribution in [0.3, 0.4) is 0 Å². The number of carbonyl (C=O) groups is 1. The Bertz CT molecular complexity index is 697. The molecule has 2 aromatic heterocycles. The molecule has 1 aliphatic rings. The van der Waals surface area contributed by atoms with E-state index < -0.39 is 0 Å². The minimum absolute atomic E-state index is 0.0297. The van der Waals surface area contributed by atoms with Gasteiger partial charge in [0.05, 0.1) is 18.2 Å². The number of aromatic nitrogens is 1. The quantitative estimate of drug-likeness (QED) is 0.850. The Hall–Kier alpha value is -2.04. The Labute approximate surface area is 143 Å². The molecule has 0 aromatic carbocycles. The molecule has 3 heterocycles. The molecule has 0 N–H and O–H groups in total. The van der Waals surface area contributed by atoms with Crippen LogP contribution in [0.4, 0.5) is 0 Å². The zero-order valence-corrected chi connectivity index (χ0v) is 15.0. The Morgan fingerprint density at radius 3 is 2.79 bits per heavy atom. The summed E-state index contributed by atoms with van der Waals surface area (Å²) in [5, 5.41) is 3.95. The molecule has 2 atom stereocenters. The van der Waals surface area contributed by atoms with Gasteiger partial charge < -0.3 is 13.8 Å². The van der Waals surface area contributed by atoms with Gasteiger partial charge in [0.1, 0.15) is 17.3 Å². The summed E-state index contributed by atoms with van der Waals surface area (Å²) in [4.78, 5) is 14.9. The maximum absolute atomic E-state index is 13.0. The summed E-state index contributed by atoms with van der Waals surface area (Å²) in [5.41, 5.74) is 1.71. The minimum atomic E-state index is 0.0297. The topological polar surface area (TPSA) is 59.5 Å². The molecule has 0 unspecified atom stereocenters. The highest BCUT2D eigenvalue weighted by molar-refractivity contribution is 5.79. The lowest BCUT2D eigenvalue weighted by Crippen LogP contribution is -2.41. The predicted molar refractivity (Wildman–Crippen MR) is 90.6 cm³/mol. The van der Waals surface area contributed by atoms with E-state index in [1.165, 1.54) is 0 Å². The average molecular weight is 330 g/mol. The molecule has 1 saturated heterocycles. The van der Waals surface area contributed by atoms with Gasteiger partial charge in [-0.2, -0.15) is 0 Å². The highest BCUT2D eigenvalue weighted by Crippen LogP contribution is 2.35. The summed E-state index contributed by atoms with van der Waals surface area (Å²) in [5.74, 6) is 3.32. The van der Waals surface area contributed by atoms with Gasteiger partial charge in [-0.25, -0.2) is 0 Å². The van der Waals surface area contributed by atoms with Gasteiger partial charge in [0.15, 0.2) is 0 Å². The second-order valence-corrected chi connectivity index (χ2v) is 6.87. The number of nitrogens with zero attached hydrogens (tertiary/aromatic N) is 2. The summed E-state index contributed by atoms with van der Waals surface area (Å²) < 4.78 is 11.1. The number of amides is 1. The van der Waals surface area contributed by atoms with E-state index in [4.69, 9.17) is 8.94 Å². The van der Waals surface area contributed by atoms with Gasteiger partial charge in [-0.15, -0.1) is 0 Å². The molecule has 0 aliphatic carbocycles. The molecular weight excluding hydrogens is 304 g/mol. The Morgan fingerprint density at radius 2 is 2.17 bits per heavy atom. The van der Waals surface area contributed by atoms with Crippen molar-refractivity contribution in [3.63, 3.8) is 0 Å². The number of carbonyl (C=O) groups excluding carboxylic acids is 1. The molecule has 0 saturated carbocycles. The lowest BCUT2D eigenvalue weighted by molar-refractivity contribution is -0.135. The first-order valence-electron chi connectivity index (χ1n) is 8.79. The van der Waals surface area contributed by atoms with Crippen LogP contribution in [0.25, 0.3) is 0 Å². The molecule has 1 aliphatic heterocycles. The third-order valence-electron chi connectivity index (χ3n) is 5.05. The smallest absolute Gasteiger partial charge is 0.227 e. The molecule has 130 valence electrons. The van der Waals surface area contributed by atoms with Crippen molar-refractivity contribution in [3.05, 3.63) is 40.7 Å². The van der Waals surface area contributed by atoms with Crippen molar-refractivity contribution in [3.8, 4) is 0 Å². The number of rotatable bonds is 4. The number of furan rings is 1. The van der Waals surface area contributed by atoms with E-state index in [0.29, 0.717) is 12.3 Å². The van der Waals surface area contributed by atoms with Crippen molar-refractivity contribution in [1.82, 2.24) is 10.1 Å². The molecule has 2 aromatic rings. The highest BCUT2D eigenvalue weighted by atomic mass is 16.5. The second kappa shape index (κ2) is 6.83. The average Bonchev–Trinajstić information content (AvgIpc) is 3.16. The van der Waals surface area contributed by atoms with E-state index in [2.05, 4.69) is 19.0 Å². The number of hydrogen-bond acceptors (Lipinski definition) is 4. The van der Waals surface area contributed by atoms with E-state index in [-0.39, 0.29) is 11.9 Å². The first-order valence-corrected chi connectivity index (χ1v) is 8.79. The molecule has 1 amide bonds. The van der Waals surface area contributed by atoms with Crippen molar-refractivity contribution in [2.24, 2.45) is 5.92 Å². The van der Waals surface area contributed by atoms with Crippen LogP contribution in [0.15, 0.2) is 21.1 Å². The van der Waals surface area contributed by atoms with Crippen LogP contribution in [0.2, 0.25) is 0 Å². The Morgan fingerprint density at radius 1 is 1.38 bits per heavy atom. The summed E-state index contributed by atoms with van der Waals surface area (Å²) in [6.07, 6.45) is 3.19. The maximum atomic E-state index is 13.0. The third-order valence-corrected chi connectivity index (χ3v) is 5.05. The predicted octanol–water partition coefficient (Wildman–Crippen LogP) is 3.99. The first kappa shape index (κ1) is 16.8. The van der Waals surface area contributed by atoms with E-state index in [1.54, 1.807) is 0 Å². The molecule has 0 radical (unpaired) electrons.